The zero-order valence-electron chi connectivity index (χ0n) is 16.3. The molecule has 0 aromatic heterocycles. The van der Waals surface area contributed by atoms with E-state index in [0.717, 1.165) is 5.57 Å². The summed E-state index contributed by atoms with van der Waals surface area (Å²) in [5.41, 5.74) is 1.68. The van der Waals surface area contributed by atoms with Gasteiger partial charge in [0.15, 0.2) is 8.32 Å². The van der Waals surface area contributed by atoms with Gasteiger partial charge in [0, 0.05) is 5.92 Å². The predicted octanol–water partition coefficient (Wildman–Crippen LogP) is 4.07. The molecule has 0 heterocycles. The summed E-state index contributed by atoms with van der Waals surface area (Å²) in [6.45, 7) is 20.7. The smallest absolute Gasteiger partial charge is 0.334 e. The van der Waals surface area contributed by atoms with Crippen molar-refractivity contribution >= 4 is 14.3 Å². The molecule has 1 aliphatic rings. The highest BCUT2D eigenvalue weighted by Gasteiger charge is 2.46. The van der Waals surface area contributed by atoms with Crippen LogP contribution >= 0.6 is 0 Å². The molecule has 0 unspecified atom stereocenters. The molecule has 0 spiro atoms. The molecule has 4 atom stereocenters. The van der Waals surface area contributed by atoms with Crippen LogP contribution in [0.15, 0.2) is 24.3 Å². The lowest BCUT2D eigenvalue weighted by Crippen LogP contribution is -2.50. The van der Waals surface area contributed by atoms with E-state index in [1.807, 2.05) is 6.92 Å². The van der Waals surface area contributed by atoms with Crippen LogP contribution < -0.4 is 0 Å². The summed E-state index contributed by atoms with van der Waals surface area (Å²) in [6, 6.07) is 0. The van der Waals surface area contributed by atoms with E-state index >= 15 is 0 Å². The quantitative estimate of drug-likeness (QED) is 0.459. The molecule has 138 valence electrons. The van der Waals surface area contributed by atoms with Crippen molar-refractivity contribution < 1.29 is 19.1 Å². The number of aliphatic hydroxyl groups is 1. The number of carbonyl (C=O) groups excluding carboxylic acids is 1. The van der Waals surface area contributed by atoms with E-state index in [4.69, 9.17) is 9.16 Å². The van der Waals surface area contributed by atoms with Gasteiger partial charge in [0.05, 0.1) is 13.2 Å². The van der Waals surface area contributed by atoms with Crippen molar-refractivity contribution in [3.05, 3.63) is 24.3 Å². The van der Waals surface area contributed by atoms with Crippen molar-refractivity contribution in [2.24, 2.45) is 11.8 Å². The third-order valence-electron chi connectivity index (χ3n) is 5.67. The minimum absolute atomic E-state index is 0.0261. The van der Waals surface area contributed by atoms with Gasteiger partial charge in [-0.1, -0.05) is 39.5 Å². The van der Waals surface area contributed by atoms with Crippen molar-refractivity contribution in [3.63, 3.8) is 0 Å². The molecule has 1 saturated carbocycles. The first-order valence-corrected chi connectivity index (χ1v) is 11.5. The average molecular weight is 355 g/mol. The lowest BCUT2D eigenvalue weighted by Gasteiger charge is -2.43. The molecule has 0 aromatic carbocycles. The SMILES string of the molecule is C=C(C)[C@@H]1C[C@@H]([C@@H](O[Si](C)(C)C(C)(C)C)C(=O)OC)C(=C)[C@@H](O)C1. The van der Waals surface area contributed by atoms with Gasteiger partial charge in [0.25, 0.3) is 0 Å². The Balaban J connectivity index is 3.17. The first-order chi connectivity index (χ1) is 10.8. The second-order valence-electron chi connectivity index (χ2n) is 8.53. The van der Waals surface area contributed by atoms with Gasteiger partial charge >= 0.3 is 5.97 Å². The Morgan fingerprint density at radius 1 is 1.33 bits per heavy atom. The van der Waals surface area contributed by atoms with E-state index in [0.29, 0.717) is 18.4 Å². The number of hydrogen-bond acceptors (Lipinski definition) is 4. The van der Waals surface area contributed by atoms with Crippen LogP contribution in [0, 0.1) is 11.8 Å². The molecule has 0 amide bonds. The van der Waals surface area contributed by atoms with Gasteiger partial charge in [-0.2, -0.15) is 0 Å². The van der Waals surface area contributed by atoms with Crippen molar-refractivity contribution in [1.29, 1.82) is 0 Å². The normalized spacial score (nSPS) is 26.8. The molecule has 0 radical (unpaired) electrons. The molecule has 1 rings (SSSR count). The van der Waals surface area contributed by atoms with Crippen LogP contribution in [0.1, 0.15) is 40.5 Å². The minimum Gasteiger partial charge on any atom is -0.467 e. The van der Waals surface area contributed by atoms with Crippen LogP contribution in [-0.4, -0.2) is 38.7 Å². The molecule has 1 fully saturated rings. The van der Waals surface area contributed by atoms with E-state index in [1.54, 1.807) is 0 Å². The molecule has 4 nitrogen and oxygen atoms in total. The molecular weight excluding hydrogens is 320 g/mol. The fourth-order valence-electron chi connectivity index (χ4n) is 2.85. The number of methoxy groups -OCH3 is 1. The number of hydrogen-bond donors (Lipinski definition) is 1. The summed E-state index contributed by atoms with van der Waals surface area (Å²) in [4.78, 5) is 12.5. The number of aliphatic hydroxyl groups excluding tert-OH is 1. The summed E-state index contributed by atoms with van der Waals surface area (Å²) < 4.78 is 11.4. The Morgan fingerprint density at radius 3 is 2.29 bits per heavy atom. The molecule has 0 aromatic rings. The molecular formula is C19H34O4Si. The van der Waals surface area contributed by atoms with Gasteiger partial charge in [-0.25, -0.2) is 4.79 Å². The topological polar surface area (TPSA) is 55.8 Å². The highest BCUT2D eigenvalue weighted by molar-refractivity contribution is 6.74. The van der Waals surface area contributed by atoms with Crippen LogP contribution in [0.4, 0.5) is 0 Å². The number of allylic oxidation sites excluding steroid dienone is 1. The van der Waals surface area contributed by atoms with Gasteiger partial charge in [-0.3, -0.25) is 0 Å². The Labute approximate surface area is 148 Å². The van der Waals surface area contributed by atoms with E-state index in [2.05, 4.69) is 47.0 Å². The van der Waals surface area contributed by atoms with E-state index in [-0.39, 0.29) is 22.8 Å². The summed E-state index contributed by atoms with van der Waals surface area (Å²) >= 11 is 0. The fraction of sp³-hybridized carbons (Fsp3) is 0.737. The third kappa shape index (κ3) is 4.58. The van der Waals surface area contributed by atoms with Gasteiger partial charge < -0.3 is 14.3 Å². The third-order valence-corrected chi connectivity index (χ3v) is 10.1. The van der Waals surface area contributed by atoms with E-state index in [1.165, 1.54) is 7.11 Å². The van der Waals surface area contributed by atoms with Crippen LogP contribution in [0.25, 0.3) is 0 Å². The lowest BCUT2D eigenvalue weighted by molar-refractivity contribution is -0.152. The molecule has 0 saturated heterocycles. The van der Waals surface area contributed by atoms with E-state index < -0.39 is 20.5 Å². The number of ether oxygens (including phenoxy) is 1. The lowest BCUT2D eigenvalue weighted by atomic mass is 9.72. The Bertz CT molecular complexity index is 504. The van der Waals surface area contributed by atoms with Gasteiger partial charge in [0.2, 0.25) is 0 Å². The summed E-state index contributed by atoms with van der Waals surface area (Å²) in [5, 5.41) is 10.4. The minimum atomic E-state index is -2.18. The first kappa shape index (κ1) is 21.1. The maximum absolute atomic E-state index is 12.5. The van der Waals surface area contributed by atoms with Crippen LogP contribution in [-0.2, 0) is 14.0 Å². The van der Waals surface area contributed by atoms with Crippen molar-refractivity contribution in [2.75, 3.05) is 7.11 Å². The molecule has 1 N–H and O–H groups in total. The summed E-state index contributed by atoms with van der Waals surface area (Å²) in [5.74, 6) is -0.483. The first-order valence-electron chi connectivity index (χ1n) is 8.59. The standard InChI is InChI=1S/C19H34O4Si/c1-12(2)14-10-15(13(3)16(20)11-14)17(18(21)22-7)23-24(8,9)19(4,5)6/h14-17,20H,1,3,10-11H2,2,4-9H3/t14-,15-,16+,17-/m1/s1. The van der Waals surface area contributed by atoms with Gasteiger partial charge in [-0.15, -0.1) is 0 Å². The van der Waals surface area contributed by atoms with Crippen molar-refractivity contribution in [2.45, 2.75) is 70.9 Å². The highest BCUT2D eigenvalue weighted by Crippen LogP contribution is 2.43. The fourth-order valence-corrected chi connectivity index (χ4v) is 4.10. The second kappa shape index (κ2) is 7.54. The van der Waals surface area contributed by atoms with Gasteiger partial charge in [-0.05, 0) is 49.4 Å². The molecule has 5 heteroatoms. The maximum atomic E-state index is 12.5. The predicted molar refractivity (Wildman–Crippen MR) is 100 cm³/mol. The maximum Gasteiger partial charge on any atom is 0.334 e. The largest absolute Gasteiger partial charge is 0.467 e. The molecule has 24 heavy (non-hydrogen) atoms. The van der Waals surface area contributed by atoms with Gasteiger partial charge in [0.1, 0.15) is 6.10 Å². The van der Waals surface area contributed by atoms with Crippen LogP contribution in [0.5, 0.6) is 0 Å². The van der Waals surface area contributed by atoms with Crippen molar-refractivity contribution in [3.8, 4) is 0 Å². The molecule has 1 aliphatic carbocycles. The summed E-state index contributed by atoms with van der Waals surface area (Å²) in [6.07, 6.45) is -0.0426. The number of esters is 1. The van der Waals surface area contributed by atoms with Crippen molar-refractivity contribution in [1.82, 2.24) is 0 Å². The Kier molecular flexibility index (Phi) is 6.64. The van der Waals surface area contributed by atoms with Crippen LogP contribution in [0.3, 0.4) is 0 Å². The zero-order chi connectivity index (χ0) is 18.9. The molecule has 0 aliphatic heterocycles. The Hall–Kier alpha value is -0.913. The summed E-state index contributed by atoms with van der Waals surface area (Å²) in [7, 11) is -0.800. The monoisotopic (exact) mass is 354 g/mol. The highest BCUT2D eigenvalue weighted by atomic mass is 28.4. The second-order valence-corrected chi connectivity index (χ2v) is 13.3. The zero-order valence-corrected chi connectivity index (χ0v) is 17.3. The van der Waals surface area contributed by atoms with Crippen LogP contribution in [0.2, 0.25) is 18.1 Å². The average Bonchev–Trinajstić information content (AvgIpc) is 2.45. The number of carbonyl (C=O) groups is 1. The molecule has 0 bridgehead atoms. The Morgan fingerprint density at radius 2 is 1.88 bits per heavy atom. The number of rotatable bonds is 5. The van der Waals surface area contributed by atoms with E-state index in [9.17, 15) is 9.90 Å².